The maximum absolute atomic E-state index is 11.7. The minimum Gasteiger partial charge on any atom is -0.399 e. The molecule has 0 unspecified atom stereocenters. The molecule has 0 fully saturated rings. The Bertz CT molecular complexity index is 501. The van der Waals surface area contributed by atoms with E-state index < -0.39 is 5.91 Å². The van der Waals surface area contributed by atoms with Crippen molar-refractivity contribution < 1.29 is 19.6 Å². The summed E-state index contributed by atoms with van der Waals surface area (Å²) < 4.78 is 0. The summed E-state index contributed by atoms with van der Waals surface area (Å²) >= 11 is 0. The molecule has 0 heterocycles. The molecule has 0 aliphatic rings. The van der Waals surface area contributed by atoms with Gasteiger partial charge in [-0.1, -0.05) is 0 Å². The lowest BCUT2D eigenvalue weighted by Crippen LogP contribution is -2.35. The number of carbonyl (C=O) groups excluding carboxylic acids is 3. The molecule has 0 saturated heterocycles. The van der Waals surface area contributed by atoms with E-state index in [0.29, 0.717) is 11.3 Å². The number of nitrogen functional groups attached to an aromatic ring is 1. The number of hydrogen-bond donors (Lipinski definition) is 5. The Morgan fingerprint density at radius 2 is 1.52 bits per heavy atom. The molecular formula is C13H18N4O4. The van der Waals surface area contributed by atoms with E-state index >= 15 is 0 Å². The van der Waals surface area contributed by atoms with Gasteiger partial charge in [0.2, 0.25) is 11.8 Å². The van der Waals surface area contributed by atoms with Gasteiger partial charge in [0.05, 0.1) is 0 Å². The number of nitrogens with two attached hydrogens (primary N) is 1. The molecule has 0 aliphatic heterocycles. The topological polar surface area (TPSA) is 134 Å². The summed E-state index contributed by atoms with van der Waals surface area (Å²) in [4.78, 5) is 33.7. The van der Waals surface area contributed by atoms with Crippen LogP contribution in [0.2, 0.25) is 0 Å². The van der Waals surface area contributed by atoms with Crippen molar-refractivity contribution in [2.75, 3.05) is 18.8 Å². The molecule has 8 heteroatoms. The molecular weight excluding hydrogens is 276 g/mol. The van der Waals surface area contributed by atoms with E-state index in [1.54, 1.807) is 24.3 Å². The molecule has 0 radical (unpaired) electrons. The van der Waals surface area contributed by atoms with Crippen LogP contribution in [0.15, 0.2) is 24.3 Å². The van der Waals surface area contributed by atoms with Gasteiger partial charge in [0.15, 0.2) is 0 Å². The second-order valence-corrected chi connectivity index (χ2v) is 4.26. The summed E-state index contributed by atoms with van der Waals surface area (Å²) in [5.74, 6) is -1.22. The van der Waals surface area contributed by atoms with E-state index in [0.717, 1.165) is 0 Å². The molecule has 1 aromatic carbocycles. The van der Waals surface area contributed by atoms with Gasteiger partial charge in [-0.15, -0.1) is 0 Å². The number of hydrogen-bond acceptors (Lipinski definition) is 5. The first-order valence-electron chi connectivity index (χ1n) is 6.36. The first-order valence-corrected chi connectivity index (χ1v) is 6.36. The number of carbonyl (C=O) groups is 3. The zero-order valence-electron chi connectivity index (χ0n) is 11.4. The maximum atomic E-state index is 11.7. The maximum Gasteiger partial charge on any atom is 0.251 e. The lowest BCUT2D eigenvalue weighted by molar-refractivity contribution is -0.131. The first-order chi connectivity index (χ1) is 10.0. The molecule has 0 bridgehead atoms. The van der Waals surface area contributed by atoms with Crippen LogP contribution in [0.5, 0.6) is 0 Å². The number of hydroxylamine groups is 1. The van der Waals surface area contributed by atoms with Gasteiger partial charge in [0.25, 0.3) is 5.91 Å². The van der Waals surface area contributed by atoms with E-state index in [1.165, 1.54) is 5.48 Å². The SMILES string of the molecule is Nc1ccc(C(=O)NCCNC(=O)CCC(=O)NO)cc1. The molecule has 0 aromatic heterocycles. The largest absolute Gasteiger partial charge is 0.399 e. The Balaban J connectivity index is 2.19. The van der Waals surface area contributed by atoms with E-state index in [1.807, 2.05) is 0 Å². The third-order valence-electron chi connectivity index (χ3n) is 2.61. The highest BCUT2D eigenvalue weighted by atomic mass is 16.5. The van der Waals surface area contributed by atoms with Crippen molar-refractivity contribution in [2.24, 2.45) is 0 Å². The van der Waals surface area contributed by atoms with Crippen molar-refractivity contribution in [1.29, 1.82) is 0 Å². The van der Waals surface area contributed by atoms with Gasteiger partial charge in [-0.05, 0) is 24.3 Å². The highest BCUT2D eigenvalue weighted by Crippen LogP contribution is 2.04. The zero-order valence-corrected chi connectivity index (χ0v) is 11.4. The quantitative estimate of drug-likeness (QED) is 0.198. The standard InChI is InChI=1S/C13H18N4O4/c14-10-3-1-9(2-4-10)13(20)16-8-7-15-11(18)5-6-12(19)17-21/h1-4,21H,5-8,14H2,(H,15,18)(H,16,20)(H,17,19). The molecule has 0 saturated carbocycles. The van der Waals surface area contributed by atoms with Gasteiger partial charge in [0.1, 0.15) is 0 Å². The Hall–Kier alpha value is -2.61. The lowest BCUT2D eigenvalue weighted by atomic mass is 10.2. The molecule has 114 valence electrons. The van der Waals surface area contributed by atoms with Gasteiger partial charge in [-0.2, -0.15) is 0 Å². The lowest BCUT2D eigenvalue weighted by Gasteiger charge is -2.07. The summed E-state index contributed by atoms with van der Waals surface area (Å²) in [5, 5.41) is 13.4. The normalized spacial score (nSPS) is 9.76. The average Bonchev–Trinajstić information content (AvgIpc) is 2.49. The second kappa shape index (κ2) is 8.54. The van der Waals surface area contributed by atoms with E-state index in [9.17, 15) is 14.4 Å². The van der Waals surface area contributed by atoms with Crippen LogP contribution < -0.4 is 21.8 Å². The minimum atomic E-state index is -0.623. The molecule has 21 heavy (non-hydrogen) atoms. The highest BCUT2D eigenvalue weighted by molar-refractivity contribution is 5.94. The fourth-order valence-electron chi connectivity index (χ4n) is 1.49. The average molecular weight is 294 g/mol. The van der Waals surface area contributed by atoms with Gasteiger partial charge in [-0.25, -0.2) is 5.48 Å². The number of anilines is 1. The van der Waals surface area contributed by atoms with Crippen LogP contribution >= 0.6 is 0 Å². The Labute approximate surface area is 121 Å². The summed E-state index contributed by atoms with van der Waals surface area (Å²) in [6.07, 6.45) is -0.127. The smallest absolute Gasteiger partial charge is 0.251 e. The van der Waals surface area contributed by atoms with Crippen LogP contribution in [-0.2, 0) is 9.59 Å². The summed E-state index contributed by atoms with van der Waals surface area (Å²) in [6, 6.07) is 6.47. The van der Waals surface area contributed by atoms with Crippen LogP contribution in [0.1, 0.15) is 23.2 Å². The fourth-order valence-corrected chi connectivity index (χ4v) is 1.49. The molecule has 8 nitrogen and oxygen atoms in total. The third-order valence-corrected chi connectivity index (χ3v) is 2.61. The van der Waals surface area contributed by atoms with Gasteiger partial charge >= 0.3 is 0 Å². The fraction of sp³-hybridized carbons (Fsp3) is 0.308. The Kier molecular flexibility index (Phi) is 6.69. The van der Waals surface area contributed by atoms with E-state index in [4.69, 9.17) is 10.9 Å². The Morgan fingerprint density at radius 3 is 2.14 bits per heavy atom. The molecule has 6 N–H and O–H groups in total. The number of amides is 3. The monoisotopic (exact) mass is 294 g/mol. The molecule has 1 aromatic rings. The van der Waals surface area contributed by atoms with Crippen LogP contribution in [0.4, 0.5) is 5.69 Å². The molecule has 0 atom stereocenters. The molecule has 0 spiro atoms. The molecule has 0 aliphatic carbocycles. The summed E-state index contributed by atoms with van der Waals surface area (Å²) in [5.41, 5.74) is 8.01. The first kappa shape index (κ1) is 16.4. The van der Waals surface area contributed by atoms with Gasteiger partial charge in [0, 0.05) is 37.2 Å². The second-order valence-electron chi connectivity index (χ2n) is 4.26. The van der Waals surface area contributed by atoms with Gasteiger partial charge < -0.3 is 16.4 Å². The van der Waals surface area contributed by atoms with Gasteiger partial charge in [-0.3, -0.25) is 19.6 Å². The minimum absolute atomic E-state index is 0.0295. The van der Waals surface area contributed by atoms with Crippen molar-refractivity contribution in [3.05, 3.63) is 29.8 Å². The van der Waals surface area contributed by atoms with Crippen molar-refractivity contribution >= 4 is 23.4 Å². The predicted octanol–water partition coefficient (Wildman–Crippen LogP) is -0.600. The number of nitrogens with one attached hydrogen (secondary N) is 3. The van der Waals surface area contributed by atoms with Crippen molar-refractivity contribution in [3.63, 3.8) is 0 Å². The number of rotatable bonds is 7. The predicted molar refractivity (Wildman–Crippen MR) is 75.4 cm³/mol. The van der Waals surface area contributed by atoms with Crippen molar-refractivity contribution in [1.82, 2.24) is 16.1 Å². The molecule has 3 amide bonds. The van der Waals surface area contributed by atoms with E-state index in [2.05, 4.69) is 10.6 Å². The third kappa shape index (κ3) is 6.39. The van der Waals surface area contributed by atoms with Crippen LogP contribution in [0.3, 0.4) is 0 Å². The van der Waals surface area contributed by atoms with Crippen LogP contribution in [-0.4, -0.2) is 36.0 Å². The zero-order chi connectivity index (χ0) is 15.7. The Morgan fingerprint density at radius 1 is 0.952 bits per heavy atom. The van der Waals surface area contributed by atoms with E-state index in [-0.39, 0.29) is 37.7 Å². The molecule has 1 rings (SSSR count). The summed E-state index contributed by atoms with van der Waals surface area (Å²) in [7, 11) is 0. The van der Waals surface area contributed by atoms with Crippen molar-refractivity contribution in [2.45, 2.75) is 12.8 Å². The highest BCUT2D eigenvalue weighted by Gasteiger charge is 2.06. The van der Waals surface area contributed by atoms with Crippen LogP contribution in [0.25, 0.3) is 0 Å². The van der Waals surface area contributed by atoms with Crippen molar-refractivity contribution in [3.8, 4) is 0 Å². The number of benzene rings is 1. The summed E-state index contributed by atoms with van der Waals surface area (Å²) in [6.45, 7) is 0.515. The van der Waals surface area contributed by atoms with Crippen LogP contribution in [0, 0.1) is 0 Å².